The Kier molecular flexibility index (Phi) is 4.90. The number of rotatable bonds is 3. The number of nitrogens with zero attached hydrogens (tertiary/aromatic N) is 2. The minimum Gasteiger partial charge on any atom is -0.480 e. The number of urea groups is 1. The lowest BCUT2D eigenvalue weighted by molar-refractivity contribution is -0.147. The van der Waals surface area contributed by atoms with Crippen molar-refractivity contribution in [2.75, 3.05) is 40.4 Å². The zero-order valence-corrected chi connectivity index (χ0v) is 10.4. The number of carboxylic acids is 1. The first kappa shape index (κ1) is 14.2. The molecule has 1 aliphatic rings. The summed E-state index contributed by atoms with van der Waals surface area (Å²) < 4.78 is 5.03. The Labute approximate surface area is 104 Å². The van der Waals surface area contributed by atoms with E-state index in [-0.39, 0.29) is 25.6 Å². The van der Waals surface area contributed by atoms with E-state index in [1.54, 1.807) is 0 Å². The maximum Gasteiger partial charge on any atom is 0.328 e. The SMILES string of the molecule is CNC(=O)CN(C)C(=O)N1CCOCC1C(=O)O. The van der Waals surface area contributed by atoms with Crippen molar-refractivity contribution in [2.45, 2.75) is 6.04 Å². The number of likely N-dealkylation sites (N-methyl/N-ethyl adjacent to an activating group) is 2. The molecule has 1 aliphatic heterocycles. The van der Waals surface area contributed by atoms with Crippen molar-refractivity contribution in [1.29, 1.82) is 0 Å². The molecule has 0 aromatic carbocycles. The fourth-order valence-electron chi connectivity index (χ4n) is 1.62. The summed E-state index contributed by atoms with van der Waals surface area (Å²) in [5.74, 6) is -1.43. The fourth-order valence-corrected chi connectivity index (χ4v) is 1.62. The molecule has 0 bridgehead atoms. The van der Waals surface area contributed by atoms with Gasteiger partial charge in [-0.2, -0.15) is 0 Å². The van der Waals surface area contributed by atoms with E-state index in [0.29, 0.717) is 6.61 Å². The Morgan fingerprint density at radius 2 is 2.17 bits per heavy atom. The summed E-state index contributed by atoms with van der Waals surface area (Å²) in [4.78, 5) is 36.6. The zero-order chi connectivity index (χ0) is 13.7. The topological polar surface area (TPSA) is 99.2 Å². The minimum absolute atomic E-state index is 0.0328. The summed E-state index contributed by atoms with van der Waals surface area (Å²) in [6.45, 7) is 0.352. The van der Waals surface area contributed by atoms with Crippen molar-refractivity contribution in [3.8, 4) is 0 Å². The monoisotopic (exact) mass is 259 g/mol. The molecule has 1 saturated heterocycles. The number of ether oxygens (including phenoxy) is 1. The highest BCUT2D eigenvalue weighted by atomic mass is 16.5. The molecule has 0 radical (unpaired) electrons. The predicted molar refractivity (Wildman–Crippen MR) is 61.0 cm³/mol. The van der Waals surface area contributed by atoms with Crippen LogP contribution in [0.15, 0.2) is 0 Å². The number of carbonyl (C=O) groups excluding carboxylic acids is 2. The molecule has 0 saturated carbocycles. The van der Waals surface area contributed by atoms with Crippen LogP contribution in [0.25, 0.3) is 0 Å². The lowest BCUT2D eigenvalue weighted by Crippen LogP contribution is -2.56. The molecule has 18 heavy (non-hydrogen) atoms. The Balaban J connectivity index is 2.68. The molecule has 1 unspecified atom stereocenters. The van der Waals surface area contributed by atoms with Gasteiger partial charge in [0.15, 0.2) is 6.04 Å². The van der Waals surface area contributed by atoms with Crippen LogP contribution in [-0.2, 0) is 14.3 Å². The van der Waals surface area contributed by atoms with E-state index in [4.69, 9.17) is 9.84 Å². The lowest BCUT2D eigenvalue weighted by Gasteiger charge is -2.35. The van der Waals surface area contributed by atoms with Crippen molar-refractivity contribution < 1.29 is 24.2 Å². The average Bonchev–Trinajstić information content (AvgIpc) is 2.37. The van der Waals surface area contributed by atoms with Gasteiger partial charge in [0.2, 0.25) is 5.91 Å². The molecule has 1 atom stereocenters. The van der Waals surface area contributed by atoms with Crippen molar-refractivity contribution in [3.05, 3.63) is 0 Å². The summed E-state index contributed by atoms with van der Waals surface area (Å²) >= 11 is 0. The van der Waals surface area contributed by atoms with E-state index in [2.05, 4.69) is 5.32 Å². The summed E-state index contributed by atoms with van der Waals surface area (Å²) in [6.07, 6.45) is 0. The van der Waals surface area contributed by atoms with Gasteiger partial charge in [-0.05, 0) is 0 Å². The van der Waals surface area contributed by atoms with Crippen molar-refractivity contribution in [3.63, 3.8) is 0 Å². The van der Waals surface area contributed by atoms with Crippen LogP contribution in [0.2, 0.25) is 0 Å². The summed E-state index contributed by atoms with van der Waals surface area (Å²) in [6, 6.07) is -1.49. The summed E-state index contributed by atoms with van der Waals surface area (Å²) in [5, 5.41) is 11.4. The maximum atomic E-state index is 12.0. The van der Waals surface area contributed by atoms with Gasteiger partial charge in [0.05, 0.1) is 13.2 Å². The first-order valence-corrected chi connectivity index (χ1v) is 5.50. The molecule has 1 rings (SSSR count). The smallest absolute Gasteiger partial charge is 0.328 e. The lowest BCUT2D eigenvalue weighted by atomic mass is 10.2. The average molecular weight is 259 g/mol. The molecule has 1 fully saturated rings. The van der Waals surface area contributed by atoms with Gasteiger partial charge in [-0.1, -0.05) is 0 Å². The number of amides is 3. The molecular formula is C10H17N3O5. The summed E-state index contributed by atoms with van der Waals surface area (Å²) in [5.41, 5.74) is 0. The van der Waals surface area contributed by atoms with Crippen LogP contribution < -0.4 is 5.32 Å². The van der Waals surface area contributed by atoms with Crippen LogP contribution in [0.3, 0.4) is 0 Å². The Hall–Kier alpha value is -1.83. The van der Waals surface area contributed by atoms with Crippen LogP contribution in [0.1, 0.15) is 0 Å². The highest BCUT2D eigenvalue weighted by molar-refractivity contribution is 5.86. The first-order valence-electron chi connectivity index (χ1n) is 5.50. The normalized spacial score (nSPS) is 19.2. The molecule has 8 nitrogen and oxygen atoms in total. The largest absolute Gasteiger partial charge is 0.480 e. The third-order valence-electron chi connectivity index (χ3n) is 2.65. The van der Waals surface area contributed by atoms with Crippen LogP contribution in [0.5, 0.6) is 0 Å². The van der Waals surface area contributed by atoms with Gasteiger partial charge in [-0.15, -0.1) is 0 Å². The van der Waals surface area contributed by atoms with Gasteiger partial charge in [0, 0.05) is 20.6 Å². The van der Waals surface area contributed by atoms with Crippen molar-refractivity contribution in [1.82, 2.24) is 15.1 Å². The quantitative estimate of drug-likeness (QED) is 0.647. The van der Waals surface area contributed by atoms with Gasteiger partial charge in [0.25, 0.3) is 0 Å². The Bertz CT molecular complexity index is 346. The fraction of sp³-hybridized carbons (Fsp3) is 0.700. The highest BCUT2D eigenvalue weighted by Gasteiger charge is 2.34. The number of hydrogen-bond donors (Lipinski definition) is 2. The van der Waals surface area contributed by atoms with E-state index in [1.165, 1.54) is 23.9 Å². The molecule has 0 aromatic heterocycles. The number of carbonyl (C=O) groups is 3. The van der Waals surface area contributed by atoms with E-state index in [1.807, 2.05) is 0 Å². The Morgan fingerprint density at radius 3 is 2.72 bits per heavy atom. The molecular weight excluding hydrogens is 242 g/mol. The second-order valence-electron chi connectivity index (χ2n) is 3.93. The zero-order valence-electron chi connectivity index (χ0n) is 10.4. The number of carboxylic acid groups (broad SMARTS) is 1. The van der Waals surface area contributed by atoms with Crippen LogP contribution in [0, 0.1) is 0 Å². The highest BCUT2D eigenvalue weighted by Crippen LogP contribution is 2.10. The Morgan fingerprint density at radius 1 is 1.50 bits per heavy atom. The molecule has 8 heteroatoms. The van der Waals surface area contributed by atoms with Crippen molar-refractivity contribution in [2.24, 2.45) is 0 Å². The van der Waals surface area contributed by atoms with Crippen molar-refractivity contribution >= 4 is 17.9 Å². The van der Waals surface area contributed by atoms with Crippen LogP contribution >= 0.6 is 0 Å². The van der Waals surface area contributed by atoms with E-state index < -0.39 is 18.0 Å². The molecule has 0 aromatic rings. The van der Waals surface area contributed by atoms with Gasteiger partial charge < -0.3 is 25.0 Å². The van der Waals surface area contributed by atoms with E-state index in [0.717, 1.165) is 0 Å². The number of nitrogens with one attached hydrogen (secondary N) is 1. The summed E-state index contributed by atoms with van der Waals surface area (Å²) in [7, 11) is 2.92. The molecule has 0 spiro atoms. The van der Waals surface area contributed by atoms with Crippen LogP contribution in [-0.4, -0.2) is 79.3 Å². The second-order valence-corrected chi connectivity index (χ2v) is 3.93. The molecule has 2 N–H and O–H groups in total. The van der Waals surface area contributed by atoms with E-state index >= 15 is 0 Å². The number of morpholine rings is 1. The first-order chi connectivity index (χ1) is 8.47. The molecule has 0 aliphatic carbocycles. The maximum absolute atomic E-state index is 12.0. The van der Waals surface area contributed by atoms with Crippen LogP contribution in [0.4, 0.5) is 4.79 Å². The predicted octanol–water partition coefficient (Wildman–Crippen LogP) is -1.43. The third-order valence-corrected chi connectivity index (χ3v) is 2.65. The molecule has 102 valence electrons. The molecule has 1 heterocycles. The van der Waals surface area contributed by atoms with Gasteiger partial charge in [0.1, 0.15) is 6.54 Å². The van der Waals surface area contributed by atoms with Gasteiger partial charge in [-0.25, -0.2) is 9.59 Å². The number of hydrogen-bond acceptors (Lipinski definition) is 4. The standard InChI is InChI=1S/C10H17N3O5/c1-11-8(14)5-12(2)10(17)13-3-4-18-6-7(13)9(15)16/h7H,3-6H2,1-2H3,(H,11,14)(H,15,16). The minimum atomic E-state index is -1.11. The number of aliphatic carboxylic acids is 1. The molecule has 3 amide bonds. The van der Waals surface area contributed by atoms with E-state index in [9.17, 15) is 14.4 Å². The third kappa shape index (κ3) is 3.33. The van der Waals surface area contributed by atoms with Gasteiger partial charge in [-0.3, -0.25) is 4.79 Å². The second kappa shape index (κ2) is 6.20. The van der Waals surface area contributed by atoms with Gasteiger partial charge >= 0.3 is 12.0 Å².